The summed E-state index contributed by atoms with van der Waals surface area (Å²) in [4.78, 5) is 8.55. The molecule has 0 saturated carbocycles. The molecule has 4 nitrogen and oxygen atoms in total. The lowest BCUT2D eigenvalue weighted by Gasteiger charge is -2.02. The van der Waals surface area contributed by atoms with Crippen LogP contribution in [0.4, 0.5) is 5.69 Å². The van der Waals surface area contributed by atoms with Gasteiger partial charge in [0.25, 0.3) is 0 Å². The first-order valence-electron chi connectivity index (χ1n) is 5.50. The van der Waals surface area contributed by atoms with Gasteiger partial charge in [0, 0.05) is 0 Å². The maximum atomic E-state index is 5.22. The molecule has 0 radical (unpaired) electrons. The highest BCUT2D eigenvalue weighted by atomic mass is 16.5. The quantitative estimate of drug-likeness (QED) is 0.774. The number of methoxy groups -OCH3 is 2. The summed E-state index contributed by atoms with van der Waals surface area (Å²) in [5, 5.41) is 0. The predicted octanol–water partition coefficient (Wildman–Crippen LogP) is 2.85. The van der Waals surface area contributed by atoms with Crippen molar-refractivity contribution in [2.75, 3.05) is 14.2 Å². The average Bonchev–Trinajstić information content (AvgIpc) is 2.46. The molecule has 0 aliphatic heterocycles. The van der Waals surface area contributed by atoms with Crippen LogP contribution in [-0.4, -0.2) is 25.4 Å². The third-order valence-corrected chi connectivity index (χ3v) is 2.42. The van der Waals surface area contributed by atoms with Gasteiger partial charge < -0.3 is 9.47 Å². The number of rotatable bonds is 4. The van der Waals surface area contributed by atoms with E-state index in [-0.39, 0.29) is 0 Å². The number of hydrogen-bond acceptors (Lipinski definition) is 4. The highest BCUT2D eigenvalue weighted by molar-refractivity contribution is 5.80. The largest absolute Gasteiger partial charge is 0.495 e. The Balaban J connectivity index is 2.19. The molecule has 2 rings (SSSR count). The van der Waals surface area contributed by atoms with Gasteiger partial charge in [-0.3, -0.25) is 9.98 Å². The first-order chi connectivity index (χ1) is 8.83. The Bertz CT molecular complexity index is 536. The molecule has 1 heterocycles. The molecule has 18 heavy (non-hydrogen) atoms. The van der Waals surface area contributed by atoms with E-state index >= 15 is 0 Å². The molecule has 0 amide bonds. The van der Waals surface area contributed by atoms with Gasteiger partial charge in [-0.05, 0) is 24.3 Å². The summed E-state index contributed by atoms with van der Waals surface area (Å²) < 4.78 is 10.3. The second-order valence-electron chi connectivity index (χ2n) is 3.55. The van der Waals surface area contributed by atoms with Crippen LogP contribution >= 0.6 is 0 Å². The van der Waals surface area contributed by atoms with Crippen LogP contribution in [0.25, 0.3) is 0 Å². The first-order valence-corrected chi connectivity index (χ1v) is 5.50. The van der Waals surface area contributed by atoms with Crippen molar-refractivity contribution in [3.63, 3.8) is 0 Å². The minimum atomic E-state index is 0.726. The molecule has 0 atom stereocenters. The Morgan fingerprint density at radius 3 is 2.56 bits per heavy atom. The standard InChI is InChI=1S/C14H14N2O2/c1-17-12-8-7-11(15-10-12)9-16-13-5-3-4-6-14(13)18-2/h3-10H,1-2H3. The van der Waals surface area contributed by atoms with Gasteiger partial charge in [0.1, 0.15) is 17.2 Å². The highest BCUT2D eigenvalue weighted by Crippen LogP contribution is 2.25. The number of pyridine rings is 1. The van der Waals surface area contributed by atoms with E-state index in [1.807, 2.05) is 36.4 Å². The molecule has 0 aliphatic carbocycles. The molecule has 0 N–H and O–H groups in total. The Kier molecular flexibility index (Phi) is 3.91. The molecule has 0 bridgehead atoms. The third-order valence-electron chi connectivity index (χ3n) is 2.42. The maximum absolute atomic E-state index is 5.22. The zero-order valence-electron chi connectivity index (χ0n) is 10.3. The minimum absolute atomic E-state index is 0.726. The summed E-state index contributed by atoms with van der Waals surface area (Å²) in [6.07, 6.45) is 3.35. The lowest BCUT2D eigenvalue weighted by molar-refractivity contribution is 0.413. The first kappa shape index (κ1) is 12.1. The third kappa shape index (κ3) is 2.85. The van der Waals surface area contributed by atoms with Gasteiger partial charge in [0.2, 0.25) is 0 Å². The average molecular weight is 242 g/mol. The Hall–Kier alpha value is -2.36. The smallest absolute Gasteiger partial charge is 0.144 e. The number of aliphatic imine (C=N–C) groups is 1. The molecule has 4 heteroatoms. The molecule has 0 saturated heterocycles. The SMILES string of the molecule is COc1ccc(C=Nc2ccccc2OC)nc1. The lowest BCUT2D eigenvalue weighted by atomic mass is 10.3. The van der Waals surface area contributed by atoms with Crippen LogP contribution in [0, 0.1) is 0 Å². The number of aromatic nitrogens is 1. The van der Waals surface area contributed by atoms with Crippen LogP contribution in [0.1, 0.15) is 5.69 Å². The van der Waals surface area contributed by atoms with Crippen LogP contribution in [0.3, 0.4) is 0 Å². The summed E-state index contributed by atoms with van der Waals surface area (Å²) in [5.41, 5.74) is 1.54. The second-order valence-corrected chi connectivity index (χ2v) is 3.55. The number of benzene rings is 1. The highest BCUT2D eigenvalue weighted by Gasteiger charge is 1.98. The number of para-hydroxylation sites is 2. The van der Waals surface area contributed by atoms with Crippen molar-refractivity contribution in [3.8, 4) is 11.5 Å². The number of ether oxygens (including phenoxy) is 2. The van der Waals surface area contributed by atoms with E-state index in [1.165, 1.54) is 0 Å². The fraction of sp³-hybridized carbons (Fsp3) is 0.143. The van der Waals surface area contributed by atoms with Crippen molar-refractivity contribution in [3.05, 3.63) is 48.3 Å². The molecule has 0 fully saturated rings. The van der Waals surface area contributed by atoms with E-state index < -0.39 is 0 Å². The number of nitrogens with zero attached hydrogens (tertiary/aromatic N) is 2. The topological polar surface area (TPSA) is 43.7 Å². The summed E-state index contributed by atoms with van der Waals surface area (Å²) >= 11 is 0. The van der Waals surface area contributed by atoms with Crippen LogP contribution in [0.15, 0.2) is 47.6 Å². The van der Waals surface area contributed by atoms with Crippen LogP contribution in [0.2, 0.25) is 0 Å². The van der Waals surface area contributed by atoms with Gasteiger partial charge in [-0.2, -0.15) is 0 Å². The second kappa shape index (κ2) is 5.82. The number of hydrogen-bond donors (Lipinski definition) is 0. The molecule has 0 spiro atoms. The van der Waals surface area contributed by atoms with Crippen molar-refractivity contribution in [1.82, 2.24) is 4.98 Å². The van der Waals surface area contributed by atoms with Gasteiger partial charge in [-0.1, -0.05) is 12.1 Å². The zero-order chi connectivity index (χ0) is 12.8. The van der Waals surface area contributed by atoms with Crippen molar-refractivity contribution in [1.29, 1.82) is 0 Å². The van der Waals surface area contributed by atoms with Crippen molar-refractivity contribution in [2.45, 2.75) is 0 Å². The normalized spacial score (nSPS) is 10.6. The van der Waals surface area contributed by atoms with Gasteiger partial charge in [0.05, 0.1) is 32.3 Å². The Labute approximate surface area is 106 Å². The van der Waals surface area contributed by atoms with Crippen molar-refractivity contribution >= 4 is 11.9 Å². The van der Waals surface area contributed by atoms with Gasteiger partial charge in [0.15, 0.2) is 0 Å². The minimum Gasteiger partial charge on any atom is -0.495 e. The summed E-state index contributed by atoms with van der Waals surface area (Å²) in [6.45, 7) is 0. The molecule has 1 aromatic carbocycles. The zero-order valence-corrected chi connectivity index (χ0v) is 10.3. The van der Waals surface area contributed by atoms with Crippen LogP contribution in [-0.2, 0) is 0 Å². The molecule has 1 aromatic heterocycles. The summed E-state index contributed by atoms with van der Waals surface area (Å²) in [6, 6.07) is 11.3. The molecule has 0 unspecified atom stereocenters. The molecular formula is C14H14N2O2. The van der Waals surface area contributed by atoms with Gasteiger partial charge in [-0.25, -0.2) is 0 Å². The van der Waals surface area contributed by atoms with Crippen LogP contribution < -0.4 is 9.47 Å². The predicted molar refractivity (Wildman–Crippen MR) is 71.0 cm³/mol. The van der Waals surface area contributed by atoms with Gasteiger partial charge >= 0.3 is 0 Å². The van der Waals surface area contributed by atoms with E-state index in [9.17, 15) is 0 Å². The van der Waals surface area contributed by atoms with Crippen LogP contribution in [0.5, 0.6) is 11.5 Å². The van der Waals surface area contributed by atoms with Crippen molar-refractivity contribution < 1.29 is 9.47 Å². The summed E-state index contributed by atoms with van der Waals surface area (Å²) in [7, 11) is 3.24. The monoisotopic (exact) mass is 242 g/mol. The molecule has 92 valence electrons. The van der Waals surface area contributed by atoms with E-state index in [0.717, 1.165) is 22.9 Å². The maximum Gasteiger partial charge on any atom is 0.144 e. The summed E-state index contributed by atoms with van der Waals surface area (Å²) in [5.74, 6) is 1.46. The fourth-order valence-corrected chi connectivity index (χ4v) is 1.46. The lowest BCUT2D eigenvalue weighted by Crippen LogP contribution is -1.89. The molecular weight excluding hydrogens is 228 g/mol. The molecule has 0 aliphatic rings. The van der Waals surface area contributed by atoms with E-state index in [2.05, 4.69) is 9.98 Å². The van der Waals surface area contributed by atoms with Crippen molar-refractivity contribution in [2.24, 2.45) is 4.99 Å². The fourth-order valence-electron chi connectivity index (χ4n) is 1.46. The van der Waals surface area contributed by atoms with E-state index in [0.29, 0.717) is 0 Å². The van der Waals surface area contributed by atoms with Gasteiger partial charge in [-0.15, -0.1) is 0 Å². The Morgan fingerprint density at radius 1 is 1.06 bits per heavy atom. The molecule has 2 aromatic rings. The Morgan fingerprint density at radius 2 is 1.89 bits per heavy atom. The van der Waals surface area contributed by atoms with E-state index in [1.54, 1.807) is 26.6 Å². The van der Waals surface area contributed by atoms with E-state index in [4.69, 9.17) is 9.47 Å².